The minimum atomic E-state index is -0.903. The largest absolute Gasteiger partial charge is 0.480 e. The van der Waals surface area contributed by atoms with E-state index >= 15 is 0 Å². The average Bonchev–Trinajstić information content (AvgIpc) is 2.89. The number of carboxylic acids is 1. The molecular formula is C15H26N2O3S. The molecule has 0 aromatic rings. The van der Waals surface area contributed by atoms with Crippen molar-refractivity contribution in [2.24, 2.45) is 11.8 Å². The van der Waals surface area contributed by atoms with Gasteiger partial charge in [-0.05, 0) is 31.1 Å². The van der Waals surface area contributed by atoms with Crippen molar-refractivity contribution in [1.82, 2.24) is 10.2 Å². The van der Waals surface area contributed by atoms with Crippen LogP contribution in [0.15, 0.2) is 0 Å². The van der Waals surface area contributed by atoms with Gasteiger partial charge in [-0.25, -0.2) is 9.59 Å². The molecule has 2 amide bonds. The number of hydrogen-bond donors (Lipinski definition) is 2. The Balaban J connectivity index is 1.89. The van der Waals surface area contributed by atoms with Crippen LogP contribution in [0.3, 0.4) is 0 Å². The lowest BCUT2D eigenvalue weighted by Gasteiger charge is -2.30. The number of carboxylic acid groups (broad SMARTS) is 1. The first kappa shape index (κ1) is 16.5. The smallest absolute Gasteiger partial charge is 0.327 e. The average molecular weight is 314 g/mol. The van der Waals surface area contributed by atoms with Crippen LogP contribution in [-0.4, -0.2) is 45.7 Å². The molecule has 2 rings (SSSR count). The Kier molecular flexibility index (Phi) is 5.79. The van der Waals surface area contributed by atoms with Crippen molar-refractivity contribution in [2.45, 2.75) is 57.4 Å². The lowest BCUT2D eigenvalue weighted by Crippen LogP contribution is -2.51. The van der Waals surface area contributed by atoms with Crippen molar-refractivity contribution in [1.29, 1.82) is 0 Å². The molecule has 1 saturated heterocycles. The lowest BCUT2D eigenvalue weighted by atomic mass is 9.82. The number of urea groups is 1. The maximum absolute atomic E-state index is 12.4. The molecule has 6 heteroatoms. The molecule has 2 N–H and O–H groups in total. The van der Waals surface area contributed by atoms with Crippen LogP contribution in [0.25, 0.3) is 0 Å². The molecule has 2 aliphatic rings. The van der Waals surface area contributed by atoms with Gasteiger partial charge in [-0.1, -0.05) is 26.7 Å². The third-order valence-electron chi connectivity index (χ3n) is 4.55. The van der Waals surface area contributed by atoms with Crippen molar-refractivity contribution < 1.29 is 14.7 Å². The van der Waals surface area contributed by atoms with Crippen LogP contribution in [-0.2, 0) is 4.79 Å². The Morgan fingerprint density at radius 2 is 2.14 bits per heavy atom. The molecule has 1 aliphatic heterocycles. The van der Waals surface area contributed by atoms with E-state index in [9.17, 15) is 14.7 Å². The number of hydrogen-bond acceptors (Lipinski definition) is 3. The minimum absolute atomic E-state index is 0.0172. The lowest BCUT2D eigenvalue weighted by molar-refractivity contribution is -0.141. The molecule has 1 aliphatic carbocycles. The summed E-state index contributed by atoms with van der Waals surface area (Å²) in [6, 6.07) is -0.900. The van der Waals surface area contributed by atoms with E-state index in [0.717, 1.165) is 18.8 Å². The zero-order valence-electron chi connectivity index (χ0n) is 12.9. The second-order valence-corrected chi connectivity index (χ2v) is 7.49. The van der Waals surface area contributed by atoms with Crippen LogP contribution in [0, 0.1) is 11.8 Å². The van der Waals surface area contributed by atoms with Crippen molar-refractivity contribution >= 4 is 23.8 Å². The molecule has 0 aromatic carbocycles. The van der Waals surface area contributed by atoms with Gasteiger partial charge in [-0.2, -0.15) is 0 Å². The molecule has 0 spiro atoms. The molecule has 1 saturated carbocycles. The van der Waals surface area contributed by atoms with E-state index in [2.05, 4.69) is 12.2 Å². The number of amides is 2. The predicted octanol–water partition coefficient (Wildman–Crippen LogP) is 2.76. The highest BCUT2D eigenvalue weighted by Gasteiger charge is 2.40. The van der Waals surface area contributed by atoms with Crippen molar-refractivity contribution in [3.63, 3.8) is 0 Å². The number of aliphatic carboxylic acids is 1. The van der Waals surface area contributed by atoms with Gasteiger partial charge >= 0.3 is 12.0 Å². The summed E-state index contributed by atoms with van der Waals surface area (Å²) in [4.78, 5) is 25.2. The fraction of sp³-hybridized carbons (Fsp3) is 0.867. The van der Waals surface area contributed by atoms with Crippen LogP contribution >= 0.6 is 11.8 Å². The molecule has 4 atom stereocenters. The second kappa shape index (κ2) is 7.38. The van der Waals surface area contributed by atoms with Gasteiger partial charge in [-0.15, -0.1) is 11.8 Å². The number of nitrogens with one attached hydrogen (secondary N) is 1. The molecule has 0 bridgehead atoms. The van der Waals surface area contributed by atoms with E-state index in [1.807, 2.05) is 6.92 Å². The summed E-state index contributed by atoms with van der Waals surface area (Å²) >= 11 is 1.56. The van der Waals surface area contributed by atoms with Crippen molar-refractivity contribution in [2.75, 3.05) is 12.3 Å². The summed E-state index contributed by atoms with van der Waals surface area (Å²) in [5.41, 5.74) is 0. The van der Waals surface area contributed by atoms with Crippen LogP contribution in [0.4, 0.5) is 4.79 Å². The maximum Gasteiger partial charge on any atom is 0.327 e. The first-order chi connectivity index (χ1) is 10.0. The fourth-order valence-corrected chi connectivity index (χ4v) is 4.76. The Morgan fingerprint density at radius 1 is 1.38 bits per heavy atom. The fourth-order valence-electron chi connectivity index (χ4n) is 3.41. The third kappa shape index (κ3) is 4.05. The van der Waals surface area contributed by atoms with E-state index in [1.165, 1.54) is 24.2 Å². The van der Waals surface area contributed by atoms with Crippen LogP contribution in [0.5, 0.6) is 0 Å². The topological polar surface area (TPSA) is 69.6 Å². The summed E-state index contributed by atoms with van der Waals surface area (Å²) < 4.78 is 0. The quantitative estimate of drug-likeness (QED) is 0.837. The normalized spacial score (nSPS) is 33.0. The first-order valence-electron chi connectivity index (χ1n) is 7.93. The number of nitrogens with zero attached hydrogens (tertiary/aromatic N) is 1. The summed E-state index contributed by atoms with van der Waals surface area (Å²) in [5, 5.41) is 12.2. The minimum Gasteiger partial charge on any atom is -0.480 e. The summed E-state index contributed by atoms with van der Waals surface area (Å²) in [6.07, 6.45) is 5.62. The molecular weight excluding hydrogens is 288 g/mol. The Labute approximate surface area is 130 Å². The van der Waals surface area contributed by atoms with E-state index in [1.54, 1.807) is 11.8 Å². The zero-order chi connectivity index (χ0) is 15.4. The second-order valence-electron chi connectivity index (χ2n) is 6.28. The van der Waals surface area contributed by atoms with E-state index in [0.29, 0.717) is 18.2 Å². The molecule has 1 heterocycles. The Hall–Kier alpha value is -0.910. The van der Waals surface area contributed by atoms with Gasteiger partial charge in [0, 0.05) is 12.3 Å². The monoisotopic (exact) mass is 314 g/mol. The predicted molar refractivity (Wildman–Crippen MR) is 84.3 cm³/mol. The summed E-state index contributed by atoms with van der Waals surface area (Å²) in [5.74, 6) is 0.858. The molecule has 0 aromatic heterocycles. The third-order valence-corrected chi connectivity index (χ3v) is 6.00. The molecule has 21 heavy (non-hydrogen) atoms. The molecule has 4 unspecified atom stereocenters. The first-order valence-corrected chi connectivity index (χ1v) is 8.98. The van der Waals surface area contributed by atoms with Gasteiger partial charge < -0.3 is 10.4 Å². The standard InChI is InChI=1S/C15H26N2O3S/c1-3-13-17(12(9-21-13)14(18)19)15(20)16-8-11-6-4-5-10(2)7-11/h10-13H,3-9H2,1-2H3,(H,16,20)(H,18,19). The van der Waals surface area contributed by atoms with Crippen LogP contribution in [0.2, 0.25) is 0 Å². The van der Waals surface area contributed by atoms with E-state index in [4.69, 9.17) is 0 Å². The maximum atomic E-state index is 12.4. The highest BCUT2D eigenvalue weighted by molar-refractivity contribution is 8.00. The van der Waals surface area contributed by atoms with Gasteiger partial charge in [0.2, 0.25) is 0 Å². The van der Waals surface area contributed by atoms with Gasteiger partial charge in [-0.3, -0.25) is 4.90 Å². The van der Waals surface area contributed by atoms with Crippen LogP contribution in [0.1, 0.15) is 46.0 Å². The van der Waals surface area contributed by atoms with E-state index in [-0.39, 0.29) is 11.4 Å². The van der Waals surface area contributed by atoms with Gasteiger partial charge in [0.1, 0.15) is 6.04 Å². The number of thioether (sulfide) groups is 1. The van der Waals surface area contributed by atoms with Gasteiger partial charge in [0.15, 0.2) is 0 Å². The molecule has 120 valence electrons. The SMILES string of the molecule is CCC1SCC(C(=O)O)N1C(=O)NCC1CCCC(C)C1. The van der Waals surface area contributed by atoms with Crippen molar-refractivity contribution in [3.8, 4) is 0 Å². The summed E-state index contributed by atoms with van der Waals surface area (Å²) in [7, 11) is 0. The zero-order valence-corrected chi connectivity index (χ0v) is 13.7. The molecule has 2 fully saturated rings. The Morgan fingerprint density at radius 3 is 2.76 bits per heavy atom. The number of carbonyl (C=O) groups is 2. The number of carbonyl (C=O) groups excluding carboxylic acids is 1. The number of rotatable bonds is 4. The molecule has 0 radical (unpaired) electrons. The van der Waals surface area contributed by atoms with Crippen molar-refractivity contribution in [3.05, 3.63) is 0 Å². The van der Waals surface area contributed by atoms with Crippen LogP contribution < -0.4 is 5.32 Å². The Bertz CT molecular complexity index is 391. The highest BCUT2D eigenvalue weighted by Crippen LogP contribution is 2.32. The highest BCUT2D eigenvalue weighted by atomic mass is 32.2. The summed E-state index contributed by atoms with van der Waals surface area (Å²) in [6.45, 7) is 4.93. The van der Waals surface area contributed by atoms with Gasteiger partial charge in [0.05, 0.1) is 5.37 Å². The van der Waals surface area contributed by atoms with E-state index < -0.39 is 12.0 Å². The van der Waals surface area contributed by atoms with Gasteiger partial charge in [0.25, 0.3) is 0 Å². The molecule has 5 nitrogen and oxygen atoms in total.